The molecule has 5 heteroatoms. The van der Waals surface area contributed by atoms with Gasteiger partial charge in [0.2, 0.25) is 0 Å². The highest BCUT2D eigenvalue weighted by atomic mass is 79.9. The van der Waals surface area contributed by atoms with Gasteiger partial charge in [0.25, 0.3) is 5.91 Å². The fourth-order valence-electron chi connectivity index (χ4n) is 1.95. The first-order chi connectivity index (χ1) is 10.2. The number of hydrogen-bond acceptors (Lipinski definition) is 2. The van der Waals surface area contributed by atoms with E-state index in [1.165, 1.54) is 25.3 Å². The summed E-state index contributed by atoms with van der Waals surface area (Å²) in [6, 6.07) is 13.6. The Morgan fingerprint density at radius 2 is 2.00 bits per heavy atom. The molecule has 110 valence electrons. The Labute approximate surface area is 131 Å². The lowest BCUT2D eigenvalue weighted by Crippen LogP contribution is -2.29. The Bertz CT molecular complexity index is 619. The normalized spacial score (nSPS) is 11.8. The lowest BCUT2D eigenvalue weighted by molar-refractivity contribution is 0.0940. The Morgan fingerprint density at radius 3 is 2.57 bits per heavy atom. The largest absolute Gasteiger partial charge is 0.494 e. The average Bonchev–Trinajstić information content (AvgIpc) is 2.53. The number of carbonyl (C=O) groups excluding carboxylic acids is 1. The third-order valence-electron chi connectivity index (χ3n) is 3.08. The van der Waals surface area contributed by atoms with Crippen LogP contribution < -0.4 is 10.1 Å². The second-order valence-corrected chi connectivity index (χ2v) is 5.09. The zero-order chi connectivity index (χ0) is 15.2. The molecular weight excluding hydrogens is 337 g/mol. The van der Waals surface area contributed by atoms with Gasteiger partial charge in [-0.1, -0.05) is 46.3 Å². The molecular formula is C16H15BrFNO2. The molecule has 0 fully saturated rings. The van der Waals surface area contributed by atoms with E-state index in [1.807, 2.05) is 30.3 Å². The molecule has 0 saturated heterocycles. The van der Waals surface area contributed by atoms with Crippen LogP contribution in [-0.2, 0) is 0 Å². The summed E-state index contributed by atoms with van der Waals surface area (Å²) in [6.45, 7) is 0. The average molecular weight is 352 g/mol. The van der Waals surface area contributed by atoms with Crippen molar-refractivity contribution in [3.63, 3.8) is 0 Å². The molecule has 0 saturated carbocycles. The Hall–Kier alpha value is -1.88. The van der Waals surface area contributed by atoms with Gasteiger partial charge in [0.15, 0.2) is 11.6 Å². The first kappa shape index (κ1) is 15.5. The second-order valence-electron chi connectivity index (χ2n) is 4.44. The van der Waals surface area contributed by atoms with Crippen LogP contribution in [0.1, 0.15) is 22.0 Å². The molecule has 2 rings (SSSR count). The molecule has 0 spiro atoms. The standard InChI is InChI=1S/C16H15BrFNO2/c1-21-15-8-7-12(9-13(15)18)16(20)19-14(10-17)11-5-3-2-4-6-11/h2-9,14H,10H2,1H3,(H,19,20). The molecule has 0 aliphatic heterocycles. The van der Waals surface area contributed by atoms with Crippen molar-refractivity contribution in [1.82, 2.24) is 5.32 Å². The van der Waals surface area contributed by atoms with E-state index < -0.39 is 5.82 Å². The molecule has 2 aromatic carbocycles. The lowest BCUT2D eigenvalue weighted by Gasteiger charge is -2.17. The predicted molar refractivity (Wildman–Crippen MR) is 83.4 cm³/mol. The fourth-order valence-corrected chi connectivity index (χ4v) is 2.48. The molecule has 0 aliphatic rings. The lowest BCUT2D eigenvalue weighted by atomic mass is 10.1. The minimum atomic E-state index is -0.555. The van der Waals surface area contributed by atoms with E-state index in [-0.39, 0.29) is 23.3 Å². The van der Waals surface area contributed by atoms with Crippen LogP contribution >= 0.6 is 15.9 Å². The van der Waals surface area contributed by atoms with Gasteiger partial charge in [-0.15, -0.1) is 0 Å². The van der Waals surface area contributed by atoms with Crippen molar-refractivity contribution in [2.24, 2.45) is 0 Å². The smallest absolute Gasteiger partial charge is 0.251 e. The van der Waals surface area contributed by atoms with Crippen molar-refractivity contribution in [3.8, 4) is 5.75 Å². The van der Waals surface area contributed by atoms with Gasteiger partial charge in [-0.25, -0.2) is 4.39 Å². The number of carbonyl (C=O) groups is 1. The van der Waals surface area contributed by atoms with Gasteiger partial charge in [-0.05, 0) is 23.8 Å². The van der Waals surface area contributed by atoms with E-state index in [0.29, 0.717) is 5.33 Å². The number of rotatable bonds is 5. The van der Waals surface area contributed by atoms with Crippen LogP contribution in [0.25, 0.3) is 0 Å². The van der Waals surface area contributed by atoms with Gasteiger partial charge >= 0.3 is 0 Å². The van der Waals surface area contributed by atoms with E-state index in [0.717, 1.165) is 5.56 Å². The van der Waals surface area contributed by atoms with Crippen LogP contribution in [-0.4, -0.2) is 18.3 Å². The second kappa shape index (κ2) is 7.22. The molecule has 1 amide bonds. The van der Waals surface area contributed by atoms with Crippen LogP contribution in [0.15, 0.2) is 48.5 Å². The molecule has 0 aromatic heterocycles. The van der Waals surface area contributed by atoms with Crippen LogP contribution in [0.3, 0.4) is 0 Å². The summed E-state index contributed by atoms with van der Waals surface area (Å²) in [4.78, 5) is 12.2. The van der Waals surface area contributed by atoms with E-state index >= 15 is 0 Å². The number of alkyl halides is 1. The summed E-state index contributed by atoms with van der Waals surface area (Å²) < 4.78 is 18.5. The van der Waals surface area contributed by atoms with E-state index in [1.54, 1.807) is 0 Å². The summed E-state index contributed by atoms with van der Waals surface area (Å²) >= 11 is 3.38. The first-order valence-corrected chi connectivity index (χ1v) is 7.53. The molecule has 21 heavy (non-hydrogen) atoms. The predicted octanol–water partition coefficient (Wildman–Crippen LogP) is 3.70. The summed E-state index contributed by atoms with van der Waals surface area (Å²) in [5.41, 5.74) is 1.24. The molecule has 1 atom stereocenters. The Balaban J connectivity index is 2.15. The van der Waals surface area contributed by atoms with Gasteiger partial charge in [-0.2, -0.15) is 0 Å². The van der Waals surface area contributed by atoms with Crippen molar-refractivity contribution >= 4 is 21.8 Å². The number of benzene rings is 2. The Kier molecular flexibility index (Phi) is 5.33. The highest BCUT2D eigenvalue weighted by Gasteiger charge is 2.16. The summed E-state index contributed by atoms with van der Waals surface area (Å²) in [5.74, 6) is -0.767. The quantitative estimate of drug-likeness (QED) is 0.834. The van der Waals surface area contributed by atoms with Gasteiger partial charge in [0, 0.05) is 10.9 Å². The molecule has 0 bridgehead atoms. The fraction of sp³-hybridized carbons (Fsp3) is 0.188. The minimum absolute atomic E-state index is 0.117. The number of nitrogens with one attached hydrogen (secondary N) is 1. The number of amides is 1. The van der Waals surface area contributed by atoms with Crippen LogP contribution in [0.2, 0.25) is 0 Å². The van der Waals surface area contributed by atoms with Gasteiger partial charge in [0.05, 0.1) is 13.2 Å². The number of methoxy groups -OCH3 is 1. The third-order valence-corrected chi connectivity index (χ3v) is 3.72. The number of halogens is 2. The van der Waals surface area contributed by atoms with Crippen LogP contribution in [0, 0.1) is 5.82 Å². The molecule has 0 aliphatic carbocycles. The highest BCUT2D eigenvalue weighted by Crippen LogP contribution is 2.19. The molecule has 1 N–H and O–H groups in total. The van der Waals surface area contributed by atoms with Gasteiger partial charge < -0.3 is 10.1 Å². The van der Waals surface area contributed by atoms with Crippen molar-refractivity contribution in [2.45, 2.75) is 6.04 Å². The maximum atomic E-state index is 13.6. The molecule has 0 radical (unpaired) electrons. The summed E-state index contributed by atoms with van der Waals surface area (Å²) in [7, 11) is 1.38. The van der Waals surface area contributed by atoms with Crippen LogP contribution in [0.4, 0.5) is 4.39 Å². The molecule has 3 nitrogen and oxygen atoms in total. The highest BCUT2D eigenvalue weighted by molar-refractivity contribution is 9.09. The molecule has 0 heterocycles. The number of hydrogen-bond donors (Lipinski definition) is 1. The van der Waals surface area contributed by atoms with Gasteiger partial charge in [0.1, 0.15) is 0 Å². The van der Waals surface area contributed by atoms with Crippen molar-refractivity contribution < 1.29 is 13.9 Å². The maximum Gasteiger partial charge on any atom is 0.251 e. The Morgan fingerprint density at radius 1 is 1.29 bits per heavy atom. The van der Waals surface area contributed by atoms with Crippen molar-refractivity contribution in [2.75, 3.05) is 12.4 Å². The monoisotopic (exact) mass is 351 g/mol. The SMILES string of the molecule is COc1ccc(C(=O)NC(CBr)c2ccccc2)cc1F. The summed E-state index contributed by atoms with van der Waals surface area (Å²) in [6.07, 6.45) is 0. The molecule has 2 aromatic rings. The van der Waals surface area contributed by atoms with Crippen LogP contribution in [0.5, 0.6) is 5.75 Å². The maximum absolute atomic E-state index is 13.6. The third kappa shape index (κ3) is 3.82. The van der Waals surface area contributed by atoms with Crippen molar-refractivity contribution in [1.29, 1.82) is 0 Å². The summed E-state index contributed by atoms with van der Waals surface area (Å²) in [5, 5.41) is 3.44. The van der Waals surface area contributed by atoms with Crippen molar-refractivity contribution in [3.05, 3.63) is 65.5 Å². The van der Waals surface area contributed by atoms with E-state index in [9.17, 15) is 9.18 Å². The molecule has 1 unspecified atom stereocenters. The zero-order valence-electron chi connectivity index (χ0n) is 11.5. The van der Waals surface area contributed by atoms with E-state index in [4.69, 9.17) is 4.74 Å². The number of ether oxygens (including phenoxy) is 1. The minimum Gasteiger partial charge on any atom is -0.494 e. The topological polar surface area (TPSA) is 38.3 Å². The van der Waals surface area contributed by atoms with Gasteiger partial charge in [-0.3, -0.25) is 4.79 Å². The van der Waals surface area contributed by atoms with E-state index in [2.05, 4.69) is 21.2 Å². The first-order valence-electron chi connectivity index (χ1n) is 6.41. The zero-order valence-corrected chi connectivity index (χ0v) is 13.1.